The molecule has 1 aliphatic rings. The van der Waals surface area contributed by atoms with Crippen molar-refractivity contribution in [2.24, 2.45) is 0 Å². The highest BCUT2D eigenvalue weighted by Gasteiger charge is 2.22. The van der Waals surface area contributed by atoms with Gasteiger partial charge in [-0.1, -0.05) is 18.2 Å². The predicted octanol–water partition coefficient (Wildman–Crippen LogP) is 4.91. The van der Waals surface area contributed by atoms with E-state index in [9.17, 15) is 4.79 Å². The lowest BCUT2D eigenvalue weighted by Crippen LogP contribution is -2.15. The number of H-pyrrole nitrogens is 2. The van der Waals surface area contributed by atoms with Crippen LogP contribution in [-0.2, 0) is 4.74 Å². The van der Waals surface area contributed by atoms with Crippen molar-refractivity contribution >= 4 is 11.0 Å². The fourth-order valence-electron chi connectivity index (χ4n) is 3.92. The largest absolute Gasteiger partial charge is 0.454 e. The van der Waals surface area contributed by atoms with Gasteiger partial charge in [0, 0.05) is 42.0 Å². The Morgan fingerprint density at radius 2 is 1.90 bits per heavy atom. The van der Waals surface area contributed by atoms with Crippen molar-refractivity contribution in [2.75, 3.05) is 13.2 Å². The predicted molar refractivity (Wildman–Crippen MR) is 116 cm³/mol. The highest BCUT2D eigenvalue weighted by Crippen LogP contribution is 2.39. The van der Waals surface area contributed by atoms with E-state index in [0.29, 0.717) is 17.2 Å². The molecule has 1 aliphatic heterocycles. The van der Waals surface area contributed by atoms with Gasteiger partial charge < -0.3 is 19.4 Å². The monoisotopic (exact) mass is 401 g/mol. The lowest BCUT2D eigenvalue weighted by molar-refractivity contribution is 0.0838. The Morgan fingerprint density at radius 3 is 2.67 bits per heavy atom. The second-order valence-corrected chi connectivity index (χ2v) is 7.66. The van der Waals surface area contributed by atoms with Crippen LogP contribution in [0.1, 0.15) is 30.1 Å². The number of hydrogen-bond donors (Lipinski definition) is 2. The Bertz CT molecular complexity index is 1240. The first-order valence-corrected chi connectivity index (χ1v) is 10.2. The van der Waals surface area contributed by atoms with Crippen LogP contribution >= 0.6 is 0 Å². The summed E-state index contributed by atoms with van der Waals surface area (Å²) in [6.45, 7) is 3.32. The SMILES string of the molecule is Cc1cc(-c2ccc3[nH]c(C4CCOCC4)nc3c2Oc2ccccc2)c[nH]c1=O. The van der Waals surface area contributed by atoms with Crippen LogP contribution in [0.3, 0.4) is 0 Å². The number of nitrogens with zero attached hydrogens (tertiary/aromatic N) is 1. The maximum Gasteiger partial charge on any atom is 0.250 e. The molecule has 1 saturated heterocycles. The number of para-hydroxylation sites is 1. The highest BCUT2D eigenvalue weighted by atomic mass is 16.5. The van der Waals surface area contributed by atoms with Crippen molar-refractivity contribution in [3.8, 4) is 22.6 Å². The first-order chi connectivity index (χ1) is 14.7. The van der Waals surface area contributed by atoms with Gasteiger partial charge in [0.25, 0.3) is 5.56 Å². The zero-order chi connectivity index (χ0) is 20.5. The van der Waals surface area contributed by atoms with Crippen LogP contribution in [0.2, 0.25) is 0 Å². The molecule has 0 aliphatic carbocycles. The van der Waals surface area contributed by atoms with Crippen LogP contribution in [0, 0.1) is 6.92 Å². The average molecular weight is 401 g/mol. The second kappa shape index (κ2) is 7.80. The molecule has 2 aromatic carbocycles. The zero-order valence-electron chi connectivity index (χ0n) is 16.8. The Balaban J connectivity index is 1.67. The van der Waals surface area contributed by atoms with Gasteiger partial charge in [-0.25, -0.2) is 4.98 Å². The summed E-state index contributed by atoms with van der Waals surface area (Å²) < 4.78 is 11.8. The molecule has 4 aromatic rings. The third-order valence-corrected chi connectivity index (χ3v) is 5.60. The first kappa shape index (κ1) is 18.6. The molecular formula is C24H23N3O3. The van der Waals surface area contributed by atoms with E-state index >= 15 is 0 Å². The molecule has 0 atom stereocenters. The minimum atomic E-state index is -0.0908. The van der Waals surface area contributed by atoms with E-state index in [1.165, 1.54) is 0 Å². The number of aryl methyl sites for hydroxylation is 1. The summed E-state index contributed by atoms with van der Waals surface area (Å²) >= 11 is 0. The number of fused-ring (bicyclic) bond motifs is 1. The number of aromatic amines is 2. The van der Waals surface area contributed by atoms with Crippen LogP contribution < -0.4 is 10.3 Å². The van der Waals surface area contributed by atoms with Crippen LogP contribution in [0.5, 0.6) is 11.5 Å². The number of pyridine rings is 1. The van der Waals surface area contributed by atoms with Gasteiger partial charge in [0.15, 0.2) is 5.75 Å². The molecule has 3 heterocycles. The molecule has 0 amide bonds. The molecule has 6 nitrogen and oxygen atoms in total. The molecule has 2 N–H and O–H groups in total. The number of hydrogen-bond acceptors (Lipinski definition) is 4. The summed E-state index contributed by atoms with van der Waals surface area (Å²) in [5.74, 6) is 2.75. The van der Waals surface area contributed by atoms with Gasteiger partial charge in [0.1, 0.15) is 17.1 Å². The second-order valence-electron chi connectivity index (χ2n) is 7.66. The molecule has 1 fully saturated rings. The van der Waals surface area contributed by atoms with Crippen molar-refractivity contribution in [1.29, 1.82) is 0 Å². The maximum atomic E-state index is 11.9. The van der Waals surface area contributed by atoms with E-state index in [1.807, 2.05) is 48.5 Å². The number of ether oxygens (including phenoxy) is 2. The van der Waals surface area contributed by atoms with E-state index in [4.69, 9.17) is 14.5 Å². The third-order valence-electron chi connectivity index (χ3n) is 5.60. The van der Waals surface area contributed by atoms with Crippen molar-refractivity contribution < 1.29 is 9.47 Å². The van der Waals surface area contributed by atoms with Gasteiger partial charge in [0.2, 0.25) is 0 Å². The minimum absolute atomic E-state index is 0.0908. The summed E-state index contributed by atoms with van der Waals surface area (Å²) in [5.41, 5.74) is 4.07. The van der Waals surface area contributed by atoms with Gasteiger partial charge in [-0.15, -0.1) is 0 Å². The van der Waals surface area contributed by atoms with E-state index in [1.54, 1.807) is 13.1 Å². The molecule has 152 valence electrons. The van der Waals surface area contributed by atoms with Gasteiger partial charge in [-0.2, -0.15) is 0 Å². The normalized spacial score (nSPS) is 14.8. The molecule has 2 aromatic heterocycles. The van der Waals surface area contributed by atoms with Gasteiger partial charge in [0.05, 0.1) is 5.52 Å². The van der Waals surface area contributed by atoms with Gasteiger partial charge >= 0.3 is 0 Å². The van der Waals surface area contributed by atoms with E-state index < -0.39 is 0 Å². The van der Waals surface area contributed by atoms with Crippen molar-refractivity contribution in [1.82, 2.24) is 15.0 Å². The van der Waals surface area contributed by atoms with E-state index in [2.05, 4.69) is 9.97 Å². The fraction of sp³-hybridized carbons (Fsp3) is 0.250. The van der Waals surface area contributed by atoms with Gasteiger partial charge in [-0.3, -0.25) is 4.79 Å². The number of rotatable bonds is 4. The molecule has 0 spiro atoms. The molecule has 0 unspecified atom stereocenters. The first-order valence-electron chi connectivity index (χ1n) is 10.2. The maximum absolute atomic E-state index is 11.9. The molecule has 0 saturated carbocycles. The molecule has 6 heteroatoms. The summed E-state index contributed by atoms with van der Waals surface area (Å²) in [5, 5.41) is 0. The number of aromatic nitrogens is 3. The Morgan fingerprint density at radius 1 is 1.10 bits per heavy atom. The van der Waals surface area contributed by atoms with E-state index in [0.717, 1.165) is 59.8 Å². The summed E-state index contributed by atoms with van der Waals surface area (Å²) in [6, 6.07) is 15.6. The number of nitrogens with one attached hydrogen (secondary N) is 2. The Labute approximate surface area is 173 Å². The molecule has 0 bridgehead atoms. The minimum Gasteiger partial charge on any atom is -0.454 e. The van der Waals surface area contributed by atoms with Crippen molar-refractivity contribution in [3.63, 3.8) is 0 Å². The van der Waals surface area contributed by atoms with Crippen LogP contribution in [0.15, 0.2) is 59.5 Å². The smallest absolute Gasteiger partial charge is 0.250 e. The molecule has 30 heavy (non-hydrogen) atoms. The number of imidazole rings is 1. The van der Waals surface area contributed by atoms with Crippen molar-refractivity contribution in [3.05, 3.63) is 76.5 Å². The van der Waals surface area contributed by atoms with Gasteiger partial charge in [-0.05, 0) is 50.1 Å². The Kier molecular flexibility index (Phi) is 4.85. The highest BCUT2D eigenvalue weighted by molar-refractivity contribution is 5.91. The standard InChI is InChI=1S/C24H23N3O3/c1-15-13-17(14-25-24(15)28)19-7-8-20-21(22(19)30-18-5-3-2-4-6-18)27-23(26-20)16-9-11-29-12-10-16/h2-8,13-14,16H,9-12H2,1H3,(H,25,28)(H,26,27). The average Bonchev–Trinajstić information content (AvgIpc) is 3.22. The Hall–Kier alpha value is -3.38. The van der Waals surface area contributed by atoms with Crippen molar-refractivity contribution in [2.45, 2.75) is 25.7 Å². The third kappa shape index (κ3) is 3.50. The van der Waals surface area contributed by atoms with E-state index in [-0.39, 0.29) is 5.56 Å². The molecule has 0 radical (unpaired) electrons. The lowest BCUT2D eigenvalue weighted by atomic mass is 10.00. The number of benzene rings is 2. The lowest BCUT2D eigenvalue weighted by Gasteiger charge is -2.19. The summed E-state index contributed by atoms with van der Waals surface area (Å²) in [6.07, 6.45) is 3.64. The van der Waals surface area contributed by atoms with Crippen LogP contribution in [0.25, 0.3) is 22.2 Å². The molecular weight excluding hydrogens is 378 g/mol. The zero-order valence-corrected chi connectivity index (χ0v) is 16.8. The summed E-state index contributed by atoms with van der Waals surface area (Å²) in [4.78, 5) is 23.1. The van der Waals surface area contributed by atoms with Crippen LogP contribution in [-0.4, -0.2) is 28.2 Å². The quantitative estimate of drug-likeness (QED) is 0.509. The fourth-order valence-corrected chi connectivity index (χ4v) is 3.92. The van der Waals surface area contributed by atoms with Crippen LogP contribution in [0.4, 0.5) is 0 Å². The topological polar surface area (TPSA) is 80.0 Å². The molecule has 5 rings (SSSR count). The summed E-state index contributed by atoms with van der Waals surface area (Å²) in [7, 11) is 0.